The Morgan fingerprint density at radius 3 is 2.30 bits per heavy atom. The number of halogens is 1. The van der Waals surface area contributed by atoms with Gasteiger partial charge in [-0.1, -0.05) is 37.6 Å². The lowest BCUT2D eigenvalue weighted by molar-refractivity contribution is -0.118. The van der Waals surface area contributed by atoms with Crippen LogP contribution in [0.1, 0.15) is 38.3 Å². The molecule has 0 fully saturated rings. The first kappa shape index (κ1) is 28.1. The number of hydrogen-bond acceptors (Lipinski definition) is 5. The standard InChI is InChI=1S/C29H34BrN3O4/c1-5-36-26-15-21(17-31-23-7-6-8-24(16-23)33-27(34)13-19(2)3)14-25(30)29(26)37-18-28(35)32-22-11-9-20(4)10-12-22/h6-12,14-16,19,31H,5,13,17-18H2,1-4H3,(H,32,35)(H,33,34). The summed E-state index contributed by atoms with van der Waals surface area (Å²) in [6, 6.07) is 19.0. The van der Waals surface area contributed by atoms with Gasteiger partial charge in [-0.05, 0) is 83.7 Å². The van der Waals surface area contributed by atoms with Crippen LogP contribution >= 0.6 is 15.9 Å². The van der Waals surface area contributed by atoms with Gasteiger partial charge < -0.3 is 25.4 Å². The van der Waals surface area contributed by atoms with Crippen LogP contribution in [-0.4, -0.2) is 25.0 Å². The fraction of sp³-hybridized carbons (Fsp3) is 0.310. The second kappa shape index (κ2) is 13.7. The minimum atomic E-state index is -0.260. The van der Waals surface area contributed by atoms with Crippen molar-refractivity contribution < 1.29 is 19.1 Å². The smallest absolute Gasteiger partial charge is 0.262 e. The largest absolute Gasteiger partial charge is 0.490 e. The number of benzene rings is 3. The lowest BCUT2D eigenvalue weighted by Gasteiger charge is -2.16. The molecule has 3 aromatic rings. The lowest BCUT2D eigenvalue weighted by Crippen LogP contribution is -2.20. The molecule has 0 aliphatic carbocycles. The lowest BCUT2D eigenvalue weighted by atomic mass is 10.1. The van der Waals surface area contributed by atoms with E-state index in [0.717, 1.165) is 22.5 Å². The Labute approximate surface area is 227 Å². The van der Waals surface area contributed by atoms with Crippen LogP contribution < -0.4 is 25.4 Å². The summed E-state index contributed by atoms with van der Waals surface area (Å²) in [5, 5.41) is 9.15. The van der Waals surface area contributed by atoms with E-state index in [-0.39, 0.29) is 18.4 Å². The Hall–Kier alpha value is -3.52. The molecule has 3 aromatic carbocycles. The van der Waals surface area contributed by atoms with E-state index in [4.69, 9.17) is 9.47 Å². The summed E-state index contributed by atoms with van der Waals surface area (Å²) in [5.41, 5.74) is 4.42. The van der Waals surface area contributed by atoms with Crippen molar-refractivity contribution in [1.29, 1.82) is 0 Å². The average molecular weight is 569 g/mol. The fourth-order valence-electron chi connectivity index (χ4n) is 3.59. The van der Waals surface area contributed by atoms with Gasteiger partial charge in [-0.25, -0.2) is 0 Å². The normalized spacial score (nSPS) is 10.6. The van der Waals surface area contributed by atoms with Crippen molar-refractivity contribution in [1.82, 2.24) is 0 Å². The first-order valence-electron chi connectivity index (χ1n) is 12.3. The third-order valence-electron chi connectivity index (χ3n) is 5.29. The molecule has 3 rings (SSSR count). The van der Waals surface area contributed by atoms with Crippen LogP contribution in [-0.2, 0) is 16.1 Å². The van der Waals surface area contributed by atoms with Crippen molar-refractivity contribution in [3.8, 4) is 11.5 Å². The topological polar surface area (TPSA) is 88.7 Å². The molecule has 8 heteroatoms. The van der Waals surface area contributed by atoms with Crippen molar-refractivity contribution in [3.63, 3.8) is 0 Å². The number of ether oxygens (including phenoxy) is 2. The summed E-state index contributed by atoms with van der Waals surface area (Å²) < 4.78 is 12.3. The van der Waals surface area contributed by atoms with Gasteiger partial charge in [0.1, 0.15) is 0 Å². The highest BCUT2D eigenvalue weighted by Crippen LogP contribution is 2.37. The molecule has 0 heterocycles. The molecule has 0 unspecified atom stereocenters. The van der Waals surface area contributed by atoms with Crippen LogP contribution in [0, 0.1) is 12.8 Å². The molecule has 2 amide bonds. The van der Waals surface area contributed by atoms with Crippen molar-refractivity contribution in [2.75, 3.05) is 29.2 Å². The van der Waals surface area contributed by atoms with E-state index < -0.39 is 0 Å². The number of anilines is 3. The van der Waals surface area contributed by atoms with Gasteiger partial charge in [-0.3, -0.25) is 9.59 Å². The summed E-state index contributed by atoms with van der Waals surface area (Å²) in [5.74, 6) is 1.06. The fourth-order valence-corrected chi connectivity index (χ4v) is 4.20. The first-order chi connectivity index (χ1) is 17.7. The highest BCUT2D eigenvalue weighted by atomic mass is 79.9. The van der Waals surface area contributed by atoms with Gasteiger partial charge in [0.25, 0.3) is 5.91 Å². The third-order valence-corrected chi connectivity index (χ3v) is 5.88. The zero-order valence-corrected chi connectivity index (χ0v) is 23.3. The molecule has 196 valence electrons. The Morgan fingerprint density at radius 2 is 1.59 bits per heavy atom. The van der Waals surface area contributed by atoms with Crippen molar-refractivity contribution in [2.45, 2.75) is 40.7 Å². The molecule has 37 heavy (non-hydrogen) atoms. The number of aryl methyl sites for hydroxylation is 1. The summed E-state index contributed by atoms with van der Waals surface area (Å²) >= 11 is 3.57. The van der Waals surface area contributed by atoms with E-state index >= 15 is 0 Å². The first-order valence-corrected chi connectivity index (χ1v) is 13.1. The summed E-state index contributed by atoms with van der Waals surface area (Å²) in [6.07, 6.45) is 0.480. The van der Waals surface area contributed by atoms with Crippen LogP contribution in [0.15, 0.2) is 65.1 Å². The van der Waals surface area contributed by atoms with Crippen molar-refractivity contribution in [3.05, 3.63) is 76.3 Å². The van der Waals surface area contributed by atoms with Gasteiger partial charge in [-0.2, -0.15) is 0 Å². The van der Waals surface area contributed by atoms with E-state index in [1.165, 1.54) is 0 Å². The number of carbonyl (C=O) groups is 2. The highest BCUT2D eigenvalue weighted by Gasteiger charge is 2.15. The Bertz CT molecular complexity index is 1210. The maximum absolute atomic E-state index is 12.4. The van der Waals surface area contributed by atoms with Crippen LogP contribution in [0.5, 0.6) is 11.5 Å². The van der Waals surface area contributed by atoms with Gasteiger partial charge >= 0.3 is 0 Å². The molecule has 0 aliphatic rings. The maximum atomic E-state index is 12.4. The third kappa shape index (κ3) is 9.13. The van der Waals surface area contributed by atoms with Crippen LogP contribution in [0.4, 0.5) is 17.1 Å². The number of amides is 2. The van der Waals surface area contributed by atoms with Crippen molar-refractivity contribution in [2.24, 2.45) is 5.92 Å². The molecule has 0 spiro atoms. The van der Waals surface area contributed by atoms with Gasteiger partial charge in [0.05, 0.1) is 11.1 Å². The molecule has 0 saturated carbocycles. The van der Waals surface area contributed by atoms with Gasteiger partial charge in [0.2, 0.25) is 5.91 Å². The Kier molecular flexibility index (Phi) is 10.4. The molecule has 7 nitrogen and oxygen atoms in total. The van der Waals surface area contributed by atoms with Crippen LogP contribution in [0.3, 0.4) is 0 Å². The number of carbonyl (C=O) groups excluding carboxylic acids is 2. The zero-order valence-electron chi connectivity index (χ0n) is 21.7. The van der Waals surface area contributed by atoms with Gasteiger partial charge in [0.15, 0.2) is 18.1 Å². The van der Waals surface area contributed by atoms with Crippen LogP contribution in [0.2, 0.25) is 0 Å². The molecule has 0 aromatic heterocycles. The SMILES string of the molecule is CCOc1cc(CNc2cccc(NC(=O)CC(C)C)c2)cc(Br)c1OCC(=O)Nc1ccc(C)cc1. The second-order valence-electron chi connectivity index (χ2n) is 9.12. The minimum absolute atomic E-state index is 0.000530. The summed E-state index contributed by atoms with van der Waals surface area (Å²) in [4.78, 5) is 24.5. The number of rotatable bonds is 12. The minimum Gasteiger partial charge on any atom is -0.490 e. The molecule has 0 radical (unpaired) electrons. The predicted octanol–water partition coefficient (Wildman–Crippen LogP) is 6.77. The maximum Gasteiger partial charge on any atom is 0.262 e. The van der Waals surface area contributed by atoms with E-state index in [9.17, 15) is 9.59 Å². The number of hydrogen-bond donors (Lipinski definition) is 3. The average Bonchev–Trinajstić information content (AvgIpc) is 2.83. The molecule has 0 bridgehead atoms. The quantitative estimate of drug-likeness (QED) is 0.225. The zero-order chi connectivity index (χ0) is 26.8. The Morgan fingerprint density at radius 1 is 0.892 bits per heavy atom. The molecule has 0 atom stereocenters. The number of nitrogens with one attached hydrogen (secondary N) is 3. The van der Waals surface area contributed by atoms with Gasteiger partial charge in [-0.15, -0.1) is 0 Å². The van der Waals surface area contributed by atoms with E-state index in [1.807, 2.05) is 88.4 Å². The van der Waals surface area contributed by atoms with E-state index in [1.54, 1.807) is 0 Å². The van der Waals surface area contributed by atoms with E-state index in [0.29, 0.717) is 47.1 Å². The molecule has 0 aliphatic heterocycles. The second-order valence-corrected chi connectivity index (χ2v) is 9.98. The van der Waals surface area contributed by atoms with Gasteiger partial charge in [0, 0.05) is 30.0 Å². The molecule has 3 N–H and O–H groups in total. The van der Waals surface area contributed by atoms with E-state index in [2.05, 4.69) is 31.9 Å². The summed E-state index contributed by atoms with van der Waals surface area (Å²) in [6.45, 7) is 8.74. The Balaban J connectivity index is 1.63. The molecule has 0 saturated heterocycles. The monoisotopic (exact) mass is 567 g/mol. The predicted molar refractivity (Wildman–Crippen MR) is 152 cm³/mol. The molecular weight excluding hydrogens is 534 g/mol. The van der Waals surface area contributed by atoms with Crippen LogP contribution in [0.25, 0.3) is 0 Å². The highest BCUT2D eigenvalue weighted by molar-refractivity contribution is 9.10. The van der Waals surface area contributed by atoms with Crippen molar-refractivity contribution >= 4 is 44.8 Å². The summed E-state index contributed by atoms with van der Waals surface area (Å²) in [7, 11) is 0. The molecular formula is C29H34BrN3O4.